The van der Waals surface area contributed by atoms with Gasteiger partial charge in [0, 0.05) is 4.91 Å². The Bertz CT molecular complexity index is 326. The molecule has 1 aromatic rings. The van der Waals surface area contributed by atoms with Crippen LogP contribution in [0.15, 0.2) is 26.5 Å². The van der Waals surface area contributed by atoms with E-state index in [0.717, 1.165) is 0 Å². The Morgan fingerprint density at radius 2 is 2.55 bits per heavy atom. The van der Waals surface area contributed by atoms with Crippen molar-refractivity contribution in [2.24, 2.45) is 5.11 Å². The Morgan fingerprint density at radius 3 is 3.00 bits per heavy atom. The van der Waals surface area contributed by atoms with Gasteiger partial charge >= 0.3 is 0 Å². The highest BCUT2D eigenvalue weighted by molar-refractivity contribution is 9.10. The lowest BCUT2D eigenvalue weighted by Gasteiger charge is -1.85. The molecule has 56 valence electrons. The summed E-state index contributed by atoms with van der Waals surface area (Å²) in [5.41, 5.74) is 8.14. The molecule has 0 atom stereocenters. The van der Waals surface area contributed by atoms with Crippen LogP contribution in [0.4, 0.5) is 0 Å². The maximum Gasteiger partial charge on any atom is 0.253 e. The van der Waals surface area contributed by atoms with E-state index in [-0.39, 0.29) is 10.2 Å². The quantitative estimate of drug-likeness (QED) is 0.410. The summed E-state index contributed by atoms with van der Waals surface area (Å²) in [6, 6.07) is 1.42. The van der Waals surface area contributed by atoms with Crippen molar-refractivity contribution in [3.05, 3.63) is 33.0 Å². The fourth-order valence-electron chi connectivity index (χ4n) is 0.541. The highest BCUT2D eigenvalue weighted by Gasteiger charge is 2.09. The number of carbonyl (C=O) groups is 1. The number of hydrogen-bond acceptors (Lipinski definition) is 2. The minimum absolute atomic E-state index is 0.225. The lowest BCUT2D eigenvalue weighted by atomic mass is 10.3. The smallest absolute Gasteiger partial charge is 0.253 e. The SMILES string of the molecule is [N-]=[N+]=NC(=O)c1ccoc1Br. The van der Waals surface area contributed by atoms with Crippen molar-refractivity contribution < 1.29 is 9.21 Å². The first-order valence-corrected chi connectivity index (χ1v) is 3.37. The summed E-state index contributed by atoms with van der Waals surface area (Å²) in [6.45, 7) is 0. The summed E-state index contributed by atoms with van der Waals surface area (Å²) in [5.74, 6) is -0.659. The van der Waals surface area contributed by atoms with Crippen molar-refractivity contribution in [2.75, 3.05) is 0 Å². The fourth-order valence-corrected chi connectivity index (χ4v) is 0.950. The standard InChI is InChI=1S/C5H2BrN3O2/c6-4-3(1-2-11-4)5(10)8-9-7/h1-2H. The molecule has 0 aliphatic rings. The molecule has 0 spiro atoms. The van der Waals surface area contributed by atoms with Crippen molar-refractivity contribution in [1.29, 1.82) is 0 Å². The van der Waals surface area contributed by atoms with Crippen LogP contribution in [0.25, 0.3) is 10.4 Å². The number of halogens is 1. The van der Waals surface area contributed by atoms with Crippen LogP contribution in [0.1, 0.15) is 10.4 Å². The zero-order valence-corrected chi connectivity index (χ0v) is 6.78. The van der Waals surface area contributed by atoms with E-state index in [4.69, 9.17) is 9.95 Å². The molecule has 5 nitrogen and oxygen atoms in total. The minimum atomic E-state index is -0.659. The summed E-state index contributed by atoms with van der Waals surface area (Å²) >= 11 is 2.97. The first kappa shape index (κ1) is 7.84. The second-order valence-electron chi connectivity index (χ2n) is 1.60. The summed E-state index contributed by atoms with van der Waals surface area (Å²) in [6.07, 6.45) is 1.32. The Labute approximate surface area is 69.8 Å². The summed E-state index contributed by atoms with van der Waals surface area (Å²) < 4.78 is 5.02. The third-order valence-corrected chi connectivity index (χ3v) is 1.60. The summed E-state index contributed by atoms with van der Waals surface area (Å²) in [7, 11) is 0. The molecule has 1 amide bonds. The molecule has 0 aromatic carbocycles. The van der Waals surface area contributed by atoms with Gasteiger partial charge in [-0.1, -0.05) is 0 Å². The van der Waals surface area contributed by atoms with Gasteiger partial charge in [-0.2, -0.15) is 0 Å². The number of hydrogen-bond donors (Lipinski definition) is 0. The third kappa shape index (κ3) is 1.60. The van der Waals surface area contributed by atoms with E-state index in [1.807, 2.05) is 0 Å². The van der Waals surface area contributed by atoms with Gasteiger partial charge in [0.2, 0.25) is 0 Å². The maximum absolute atomic E-state index is 10.8. The average molecular weight is 216 g/mol. The first-order chi connectivity index (χ1) is 5.25. The van der Waals surface area contributed by atoms with E-state index < -0.39 is 5.91 Å². The number of carbonyl (C=O) groups excluding carboxylic acids is 1. The zero-order chi connectivity index (χ0) is 8.27. The fraction of sp³-hybridized carbons (Fsp3) is 0. The van der Waals surface area contributed by atoms with Crippen LogP contribution in [0, 0.1) is 0 Å². The summed E-state index contributed by atoms with van der Waals surface area (Å²) in [4.78, 5) is 13.2. The maximum atomic E-state index is 10.8. The van der Waals surface area contributed by atoms with Gasteiger partial charge in [0.25, 0.3) is 5.91 Å². The van der Waals surface area contributed by atoms with Gasteiger partial charge < -0.3 is 4.42 Å². The van der Waals surface area contributed by atoms with Gasteiger partial charge in [-0.15, -0.1) is 0 Å². The molecule has 1 aromatic heterocycles. The second kappa shape index (κ2) is 3.23. The van der Waals surface area contributed by atoms with Crippen molar-refractivity contribution in [1.82, 2.24) is 0 Å². The predicted molar refractivity (Wildman–Crippen MR) is 39.9 cm³/mol. The predicted octanol–water partition coefficient (Wildman–Crippen LogP) is 2.49. The molecule has 0 aliphatic heterocycles. The molecular formula is C5H2BrN3O2. The normalized spacial score (nSPS) is 8.82. The Morgan fingerprint density at radius 1 is 1.82 bits per heavy atom. The van der Waals surface area contributed by atoms with Crippen molar-refractivity contribution in [3.8, 4) is 0 Å². The Balaban J connectivity index is 3.02. The molecular weight excluding hydrogens is 214 g/mol. The van der Waals surface area contributed by atoms with Gasteiger partial charge in [0.1, 0.15) is 0 Å². The average Bonchev–Trinajstić information content (AvgIpc) is 2.36. The van der Waals surface area contributed by atoms with Gasteiger partial charge in [-0.05, 0) is 32.6 Å². The van der Waals surface area contributed by atoms with Gasteiger partial charge in [-0.25, -0.2) is 0 Å². The molecule has 0 fully saturated rings. The topological polar surface area (TPSA) is 79.0 Å². The summed E-state index contributed by atoms with van der Waals surface area (Å²) in [5, 5.41) is 2.88. The van der Waals surface area contributed by atoms with Crippen molar-refractivity contribution in [3.63, 3.8) is 0 Å². The molecule has 1 heterocycles. The van der Waals surface area contributed by atoms with Crippen LogP contribution in [0.5, 0.6) is 0 Å². The molecule has 6 heteroatoms. The molecule has 0 radical (unpaired) electrons. The molecule has 0 N–H and O–H groups in total. The van der Waals surface area contributed by atoms with Crippen molar-refractivity contribution >= 4 is 21.8 Å². The molecule has 0 bridgehead atoms. The van der Waals surface area contributed by atoms with E-state index in [2.05, 4.69) is 26.0 Å². The van der Waals surface area contributed by atoms with Gasteiger partial charge in [-0.3, -0.25) is 4.79 Å². The molecule has 0 saturated heterocycles. The largest absolute Gasteiger partial charge is 0.457 e. The number of rotatable bonds is 1. The number of nitrogens with zero attached hydrogens (tertiary/aromatic N) is 3. The van der Waals surface area contributed by atoms with E-state index >= 15 is 0 Å². The van der Waals surface area contributed by atoms with Crippen LogP contribution in [0.2, 0.25) is 0 Å². The van der Waals surface area contributed by atoms with Gasteiger partial charge in [0.15, 0.2) is 4.67 Å². The van der Waals surface area contributed by atoms with Gasteiger partial charge in [0.05, 0.1) is 11.8 Å². The molecule has 0 aliphatic carbocycles. The lowest BCUT2D eigenvalue weighted by molar-refractivity contribution is 0.0999. The molecule has 0 saturated carbocycles. The molecule has 11 heavy (non-hydrogen) atoms. The van der Waals surface area contributed by atoms with Crippen LogP contribution in [-0.2, 0) is 0 Å². The van der Waals surface area contributed by atoms with E-state index in [1.54, 1.807) is 0 Å². The Hall–Kier alpha value is -1.26. The van der Waals surface area contributed by atoms with E-state index in [9.17, 15) is 4.79 Å². The molecule has 1 rings (SSSR count). The number of azide groups is 1. The van der Waals surface area contributed by atoms with Crippen molar-refractivity contribution in [2.45, 2.75) is 0 Å². The highest BCUT2D eigenvalue weighted by atomic mass is 79.9. The number of furan rings is 1. The zero-order valence-electron chi connectivity index (χ0n) is 5.19. The van der Waals surface area contributed by atoms with Crippen LogP contribution >= 0.6 is 15.9 Å². The Kier molecular flexibility index (Phi) is 2.30. The monoisotopic (exact) mass is 215 g/mol. The minimum Gasteiger partial charge on any atom is -0.457 e. The van der Waals surface area contributed by atoms with Crippen LogP contribution < -0.4 is 0 Å². The van der Waals surface area contributed by atoms with E-state index in [1.165, 1.54) is 12.3 Å². The first-order valence-electron chi connectivity index (χ1n) is 2.58. The van der Waals surface area contributed by atoms with E-state index in [0.29, 0.717) is 0 Å². The third-order valence-electron chi connectivity index (χ3n) is 0.984. The lowest BCUT2D eigenvalue weighted by Crippen LogP contribution is -1.89. The number of amides is 1. The van der Waals surface area contributed by atoms with Crippen LogP contribution in [-0.4, -0.2) is 5.91 Å². The molecule has 0 unspecified atom stereocenters. The highest BCUT2D eigenvalue weighted by Crippen LogP contribution is 2.18. The second-order valence-corrected chi connectivity index (χ2v) is 2.32. The van der Waals surface area contributed by atoms with Crippen LogP contribution in [0.3, 0.4) is 0 Å².